The van der Waals surface area contributed by atoms with Crippen molar-refractivity contribution in [2.75, 3.05) is 33.3 Å². The number of aromatic nitrogens is 2. The van der Waals surface area contributed by atoms with Crippen molar-refractivity contribution in [3.8, 4) is 0 Å². The molecule has 1 aromatic carbocycles. The van der Waals surface area contributed by atoms with Gasteiger partial charge in [0.1, 0.15) is 6.54 Å². The number of carbonyl (C=O) groups excluding carboxylic acids is 2. The Morgan fingerprint density at radius 2 is 1.84 bits per heavy atom. The molecular formula is C22H28N4O4S. The first-order chi connectivity index (χ1) is 15.0. The van der Waals surface area contributed by atoms with E-state index in [1.807, 2.05) is 4.90 Å². The van der Waals surface area contributed by atoms with Crippen LogP contribution in [0.4, 0.5) is 0 Å². The number of nitrogens with zero attached hydrogens (tertiary/aromatic N) is 3. The number of aromatic amines is 1. The molecule has 1 saturated carbocycles. The van der Waals surface area contributed by atoms with Crippen molar-refractivity contribution in [3.63, 3.8) is 0 Å². The summed E-state index contributed by atoms with van der Waals surface area (Å²) in [7, 11) is 1.30. The van der Waals surface area contributed by atoms with Crippen LogP contribution in [0.3, 0.4) is 0 Å². The molecule has 0 atom stereocenters. The summed E-state index contributed by atoms with van der Waals surface area (Å²) in [5, 5.41) is 0.371. The lowest BCUT2D eigenvalue weighted by Crippen LogP contribution is -2.53. The highest BCUT2D eigenvalue weighted by Crippen LogP contribution is 2.23. The van der Waals surface area contributed by atoms with Gasteiger partial charge in [-0.1, -0.05) is 19.3 Å². The van der Waals surface area contributed by atoms with Crippen molar-refractivity contribution in [2.45, 2.75) is 44.7 Å². The number of H-pyrrole nitrogens is 1. The van der Waals surface area contributed by atoms with Gasteiger partial charge in [-0.15, -0.1) is 0 Å². The molecule has 166 valence electrons. The molecule has 4 rings (SSSR count). The third kappa shape index (κ3) is 4.57. The van der Waals surface area contributed by atoms with Gasteiger partial charge in [-0.05, 0) is 43.3 Å². The van der Waals surface area contributed by atoms with Gasteiger partial charge in [0, 0.05) is 32.2 Å². The highest BCUT2D eigenvalue weighted by Gasteiger charge is 2.27. The predicted octanol–water partition coefficient (Wildman–Crippen LogP) is 2.32. The van der Waals surface area contributed by atoms with E-state index in [2.05, 4.69) is 9.88 Å². The molecule has 2 aliphatic rings. The Hall–Kier alpha value is -2.52. The minimum Gasteiger partial charge on any atom is -0.465 e. The van der Waals surface area contributed by atoms with Crippen molar-refractivity contribution < 1.29 is 14.3 Å². The minimum absolute atomic E-state index is 0.0910. The average molecular weight is 445 g/mol. The molecule has 1 saturated heterocycles. The van der Waals surface area contributed by atoms with E-state index in [-0.39, 0.29) is 22.8 Å². The fourth-order valence-electron chi connectivity index (χ4n) is 4.66. The Labute approximate surface area is 185 Å². The number of nitrogens with one attached hydrogen (secondary N) is 1. The smallest absolute Gasteiger partial charge is 0.337 e. The van der Waals surface area contributed by atoms with Crippen LogP contribution in [-0.2, 0) is 16.1 Å². The van der Waals surface area contributed by atoms with E-state index in [1.54, 1.807) is 6.07 Å². The molecule has 31 heavy (non-hydrogen) atoms. The van der Waals surface area contributed by atoms with E-state index in [4.69, 9.17) is 17.0 Å². The molecule has 2 heterocycles. The number of esters is 1. The number of fused-ring (bicyclic) bond motifs is 1. The summed E-state index contributed by atoms with van der Waals surface area (Å²) in [6.45, 7) is 3.03. The van der Waals surface area contributed by atoms with Gasteiger partial charge in [-0.2, -0.15) is 0 Å². The maximum Gasteiger partial charge on any atom is 0.337 e. The summed E-state index contributed by atoms with van der Waals surface area (Å²) in [6.07, 6.45) is 6.45. The molecule has 1 amide bonds. The molecule has 1 N–H and O–H groups in total. The monoisotopic (exact) mass is 444 g/mol. The van der Waals surface area contributed by atoms with Crippen molar-refractivity contribution in [3.05, 3.63) is 38.9 Å². The van der Waals surface area contributed by atoms with E-state index < -0.39 is 5.97 Å². The zero-order valence-electron chi connectivity index (χ0n) is 17.8. The lowest BCUT2D eigenvalue weighted by atomic mass is 9.94. The van der Waals surface area contributed by atoms with Gasteiger partial charge in [-0.3, -0.25) is 19.1 Å². The van der Waals surface area contributed by atoms with Crippen LogP contribution >= 0.6 is 12.2 Å². The van der Waals surface area contributed by atoms with Crippen molar-refractivity contribution >= 4 is 35.0 Å². The second kappa shape index (κ2) is 9.32. The number of benzene rings is 1. The van der Waals surface area contributed by atoms with Crippen molar-refractivity contribution in [2.24, 2.45) is 0 Å². The molecule has 8 nitrogen and oxygen atoms in total. The molecule has 0 bridgehead atoms. The number of rotatable bonds is 4. The Morgan fingerprint density at radius 1 is 1.13 bits per heavy atom. The Morgan fingerprint density at radius 3 is 2.52 bits per heavy atom. The topological polar surface area (TPSA) is 87.6 Å². The van der Waals surface area contributed by atoms with E-state index in [1.165, 1.54) is 55.9 Å². The van der Waals surface area contributed by atoms with Crippen LogP contribution in [0, 0.1) is 4.77 Å². The number of carbonyl (C=O) groups is 2. The fraction of sp³-hybridized carbons (Fsp3) is 0.545. The quantitative estimate of drug-likeness (QED) is 0.575. The lowest BCUT2D eigenvalue weighted by molar-refractivity contribution is -0.134. The average Bonchev–Trinajstić information content (AvgIpc) is 2.81. The third-order valence-electron chi connectivity index (χ3n) is 6.45. The molecule has 9 heteroatoms. The maximum absolute atomic E-state index is 13.0. The first-order valence-corrected chi connectivity index (χ1v) is 11.3. The van der Waals surface area contributed by atoms with Gasteiger partial charge in [0.25, 0.3) is 5.56 Å². The van der Waals surface area contributed by atoms with Crippen LogP contribution in [0.5, 0.6) is 0 Å². The number of piperazine rings is 1. The molecule has 1 aliphatic carbocycles. The number of methoxy groups -OCH3 is 1. The van der Waals surface area contributed by atoms with Crippen molar-refractivity contribution in [1.82, 2.24) is 19.4 Å². The minimum atomic E-state index is -0.493. The van der Waals surface area contributed by atoms with Crippen LogP contribution < -0.4 is 5.56 Å². The largest absolute Gasteiger partial charge is 0.465 e. The lowest BCUT2D eigenvalue weighted by Gasteiger charge is -2.40. The van der Waals surface area contributed by atoms with Gasteiger partial charge < -0.3 is 14.6 Å². The van der Waals surface area contributed by atoms with Crippen LogP contribution in [0.25, 0.3) is 10.9 Å². The maximum atomic E-state index is 13.0. The van der Waals surface area contributed by atoms with Gasteiger partial charge in [0.15, 0.2) is 4.77 Å². The van der Waals surface area contributed by atoms with Gasteiger partial charge in [0.2, 0.25) is 5.91 Å². The molecule has 0 spiro atoms. The number of amides is 1. The highest BCUT2D eigenvalue weighted by atomic mass is 32.1. The summed E-state index contributed by atoms with van der Waals surface area (Å²) < 4.78 is 6.18. The highest BCUT2D eigenvalue weighted by molar-refractivity contribution is 7.71. The van der Waals surface area contributed by atoms with Gasteiger partial charge in [0.05, 0.1) is 23.6 Å². The van der Waals surface area contributed by atoms with Crippen LogP contribution in [-0.4, -0.2) is 70.6 Å². The Bertz CT molecular complexity index is 1090. The van der Waals surface area contributed by atoms with Crippen molar-refractivity contribution in [1.29, 1.82) is 0 Å². The van der Waals surface area contributed by atoms with E-state index in [0.29, 0.717) is 35.6 Å². The van der Waals surface area contributed by atoms with Crippen LogP contribution in [0.15, 0.2) is 23.0 Å². The summed E-state index contributed by atoms with van der Waals surface area (Å²) in [4.78, 5) is 44.9. The zero-order valence-corrected chi connectivity index (χ0v) is 18.6. The zero-order chi connectivity index (χ0) is 22.0. The van der Waals surface area contributed by atoms with E-state index in [9.17, 15) is 14.4 Å². The first-order valence-electron chi connectivity index (χ1n) is 10.8. The van der Waals surface area contributed by atoms with Crippen LogP contribution in [0.2, 0.25) is 0 Å². The summed E-state index contributed by atoms with van der Waals surface area (Å²) in [6, 6.07) is 5.27. The summed E-state index contributed by atoms with van der Waals surface area (Å²) in [5.41, 5.74) is 0.428. The third-order valence-corrected chi connectivity index (χ3v) is 6.78. The van der Waals surface area contributed by atoms with Gasteiger partial charge >= 0.3 is 5.97 Å². The molecular weight excluding hydrogens is 416 g/mol. The Kier molecular flexibility index (Phi) is 6.52. The molecule has 0 unspecified atom stereocenters. The number of ether oxygens (including phenoxy) is 1. The summed E-state index contributed by atoms with van der Waals surface area (Å²) >= 11 is 5.34. The number of hydrogen-bond acceptors (Lipinski definition) is 6. The summed E-state index contributed by atoms with van der Waals surface area (Å²) in [5.74, 6) is -0.594. The fourth-order valence-corrected chi connectivity index (χ4v) is 4.92. The van der Waals surface area contributed by atoms with E-state index >= 15 is 0 Å². The molecule has 2 aromatic rings. The molecule has 1 aromatic heterocycles. The SMILES string of the molecule is COC(=O)c1ccc2c(=O)n(CC(=O)N3CCN(C4CCCCC4)CC3)c(=S)[nH]c2c1. The standard InChI is InChI=1S/C22H28N4O4S/c1-30-21(29)15-7-8-17-18(13-15)23-22(31)26(20(17)28)14-19(27)25-11-9-24(10-12-25)16-5-3-2-4-6-16/h7-8,13,16H,2-6,9-12,14H2,1H3,(H,23,31). The predicted molar refractivity (Wildman–Crippen MR) is 120 cm³/mol. The Balaban J connectivity index is 1.47. The first kappa shape index (κ1) is 21.7. The second-order valence-corrected chi connectivity index (χ2v) is 8.67. The molecule has 1 aliphatic heterocycles. The molecule has 0 radical (unpaired) electrons. The second-order valence-electron chi connectivity index (χ2n) is 8.28. The van der Waals surface area contributed by atoms with E-state index in [0.717, 1.165) is 13.1 Å². The van der Waals surface area contributed by atoms with Gasteiger partial charge in [-0.25, -0.2) is 4.79 Å². The number of hydrogen-bond donors (Lipinski definition) is 1. The molecule has 2 fully saturated rings. The normalized spacial score (nSPS) is 18.3. The van der Waals surface area contributed by atoms with Crippen LogP contribution in [0.1, 0.15) is 42.5 Å².